The van der Waals surface area contributed by atoms with Gasteiger partial charge in [-0.25, -0.2) is 4.39 Å². The minimum atomic E-state index is -0.341. The first-order valence-corrected chi connectivity index (χ1v) is 11.7. The van der Waals surface area contributed by atoms with Crippen molar-refractivity contribution in [3.8, 4) is 0 Å². The maximum Gasteiger partial charge on any atom is 0.256 e. The van der Waals surface area contributed by atoms with Crippen molar-refractivity contribution in [2.45, 2.75) is 12.3 Å². The smallest absolute Gasteiger partial charge is 0.256 e. The lowest BCUT2D eigenvalue weighted by Crippen LogP contribution is -2.28. The van der Waals surface area contributed by atoms with E-state index in [0.29, 0.717) is 28.3 Å². The summed E-state index contributed by atoms with van der Waals surface area (Å²) in [4.78, 5) is 27.4. The van der Waals surface area contributed by atoms with Crippen LogP contribution in [-0.4, -0.2) is 17.6 Å². The molecule has 0 bridgehead atoms. The Balaban J connectivity index is 1.45. The number of amides is 2. The Morgan fingerprint density at radius 2 is 1.76 bits per heavy atom. The number of nitrogens with zero attached hydrogens (tertiary/aromatic N) is 1. The Kier molecular flexibility index (Phi) is 5.60. The molecule has 2 amide bonds. The van der Waals surface area contributed by atoms with Gasteiger partial charge in [-0.2, -0.15) is 0 Å². The van der Waals surface area contributed by atoms with Gasteiger partial charge in [-0.05, 0) is 53.6 Å². The van der Waals surface area contributed by atoms with Gasteiger partial charge < -0.3 is 5.32 Å². The van der Waals surface area contributed by atoms with Crippen molar-refractivity contribution in [2.75, 3.05) is 16.0 Å². The summed E-state index contributed by atoms with van der Waals surface area (Å²) in [5.74, 6) is -0.291. The summed E-state index contributed by atoms with van der Waals surface area (Å²) in [6.45, 7) is 1.68. The molecule has 6 heteroatoms. The molecule has 1 N–H and O–H groups in total. The Labute approximate surface area is 195 Å². The monoisotopic (exact) mass is 456 g/mol. The lowest BCUT2D eigenvalue weighted by atomic mass is 10.0. The van der Waals surface area contributed by atoms with Gasteiger partial charge in [-0.15, -0.1) is 11.8 Å². The molecule has 5 rings (SSSR count). The van der Waals surface area contributed by atoms with E-state index in [1.807, 2.05) is 66.7 Å². The highest BCUT2D eigenvalue weighted by molar-refractivity contribution is 8.00. The quantitative estimate of drug-likeness (QED) is 0.391. The third-order valence-electron chi connectivity index (χ3n) is 5.83. The lowest BCUT2D eigenvalue weighted by Gasteiger charge is -2.26. The zero-order valence-electron chi connectivity index (χ0n) is 17.9. The Morgan fingerprint density at radius 3 is 2.64 bits per heavy atom. The second-order valence-corrected chi connectivity index (χ2v) is 8.99. The highest BCUT2D eigenvalue weighted by atomic mass is 32.2. The van der Waals surface area contributed by atoms with E-state index in [0.717, 1.165) is 16.3 Å². The molecule has 1 heterocycles. The number of halogens is 1. The van der Waals surface area contributed by atoms with E-state index in [2.05, 4.69) is 5.32 Å². The summed E-state index contributed by atoms with van der Waals surface area (Å²) in [7, 11) is 0. The van der Waals surface area contributed by atoms with Gasteiger partial charge in [-0.1, -0.05) is 54.6 Å². The minimum absolute atomic E-state index is 0.0658. The first-order chi connectivity index (χ1) is 16.0. The average molecular weight is 457 g/mol. The fourth-order valence-electron chi connectivity index (χ4n) is 4.18. The molecule has 0 aromatic heterocycles. The van der Waals surface area contributed by atoms with Gasteiger partial charge in [0.2, 0.25) is 5.91 Å². The van der Waals surface area contributed by atoms with Crippen LogP contribution in [-0.2, 0) is 4.79 Å². The highest BCUT2D eigenvalue weighted by Crippen LogP contribution is 2.43. The number of hydrogen-bond donors (Lipinski definition) is 1. The summed E-state index contributed by atoms with van der Waals surface area (Å²) in [6.07, 6.45) is 0. The van der Waals surface area contributed by atoms with Crippen LogP contribution in [0.3, 0.4) is 0 Å². The summed E-state index contributed by atoms with van der Waals surface area (Å²) in [5, 5.41) is 4.58. The lowest BCUT2D eigenvalue weighted by molar-refractivity contribution is -0.115. The number of carbonyl (C=O) groups is 2. The largest absolute Gasteiger partial charge is 0.322 e. The zero-order chi connectivity index (χ0) is 22.9. The molecule has 1 saturated heterocycles. The van der Waals surface area contributed by atoms with Crippen LogP contribution < -0.4 is 10.2 Å². The van der Waals surface area contributed by atoms with Crippen LogP contribution in [0.15, 0.2) is 84.9 Å². The minimum Gasteiger partial charge on any atom is -0.322 e. The van der Waals surface area contributed by atoms with Gasteiger partial charge in [0.25, 0.3) is 5.91 Å². The molecule has 33 heavy (non-hydrogen) atoms. The van der Waals surface area contributed by atoms with Gasteiger partial charge in [0.15, 0.2) is 0 Å². The molecule has 0 spiro atoms. The summed E-state index contributed by atoms with van der Waals surface area (Å²) in [6, 6.07) is 25.7. The topological polar surface area (TPSA) is 49.4 Å². The van der Waals surface area contributed by atoms with E-state index < -0.39 is 0 Å². The summed E-state index contributed by atoms with van der Waals surface area (Å²) in [5.41, 5.74) is 3.12. The van der Waals surface area contributed by atoms with E-state index in [9.17, 15) is 14.0 Å². The van der Waals surface area contributed by atoms with E-state index in [-0.39, 0.29) is 23.0 Å². The highest BCUT2D eigenvalue weighted by Gasteiger charge is 2.35. The van der Waals surface area contributed by atoms with Crippen molar-refractivity contribution in [1.82, 2.24) is 0 Å². The second kappa shape index (κ2) is 8.71. The fourth-order valence-corrected chi connectivity index (χ4v) is 5.34. The van der Waals surface area contributed by atoms with Gasteiger partial charge in [-0.3, -0.25) is 14.5 Å². The molecule has 0 saturated carbocycles. The van der Waals surface area contributed by atoms with Crippen molar-refractivity contribution in [3.05, 3.63) is 107 Å². The van der Waals surface area contributed by atoms with Gasteiger partial charge >= 0.3 is 0 Å². The molecule has 1 aliphatic rings. The second-order valence-electron chi connectivity index (χ2n) is 7.92. The molecule has 0 unspecified atom stereocenters. The predicted octanol–water partition coefficient (Wildman–Crippen LogP) is 6.32. The van der Waals surface area contributed by atoms with Crippen LogP contribution in [0.4, 0.5) is 15.8 Å². The van der Waals surface area contributed by atoms with E-state index in [4.69, 9.17) is 0 Å². The van der Waals surface area contributed by atoms with Crippen LogP contribution in [0.5, 0.6) is 0 Å². The number of benzene rings is 4. The Bertz CT molecular complexity index is 1380. The van der Waals surface area contributed by atoms with Crippen LogP contribution >= 0.6 is 11.8 Å². The number of carbonyl (C=O) groups excluding carboxylic acids is 2. The maximum absolute atomic E-state index is 14.2. The van der Waals surface area contributed by atoms with Crippen molar-refractivity contribution >= 4 is 45.7 Å². The van der Waals surface area contributed by atoms with Crippen LogP contribution in [0, 0.1) is 12.7 Å². The van der Waals surface area contributed by atoms with E-state index >= 15 is 0 Å². The number of thioether (sulfide) groups is 1. The predicted molar refractivity (Wildman–Crippen MR) is 132 cm³/mol. The average Bonchev–Trinajstić information content (AvgIpc) is 3.21. The Hall–Kier alpha value is -3.64. The first-order valence-electron chi connectivity index (χ1n) is 10.6. The third kappa shape index (κ3) is 3.98. The van der Waals surface area contributed by atoms with E-state index in [1.54, 1.807) is 24.0 Å². The molecule has 1 fully saturated rings. The van der Waals surface area contributed by atoms with Crippen LogP contribution in [0.2, 0.25) is 0 Å². The molecular weight excluding hydrogens is 435 g/mol. The van der Waals surface area contributed by atoms with Crippen molar-refractivity contribution < 1.29 is 14.0 Å². The summed E-state index contributed by atoms with van der Waals surface area (Å²) >= 11 is 1.49. The SMILES string of the molecule is Cc1c(F)cccc1N1C(=O)CS[C@@H]1c1cccc(NC(=O)c2cccc3ccccc23)c1. The van der Waals surface area contributed by atoms with Crippen LogP contribution in [0.1, 0.15) is 26.9 Å². The zero-order valence-corrected chi connectivity index (χ0v) is 18.7. The third-order valence-corrected chi connectivity index (χ3v) is 7.04. The Morgan fingerprint density at radius 1 is 1.00 bits per heavy atom. The van der Waals surface area contributed by atoms with Gasteiger partial charge in [0, 0.05) is 16.8 Å². The number of fused-ring (bicyclic) bond motifs is 1. The van der Waals surface area contributed by atoms with Crippen molar-refractivity contribution in [3.63, 3.8) is 0 Å². The molecule has 0 radical (unpaired) electrons. The van der Waals surface area contributed by atoms with Gasteiger partial charge in [0.1, 0.15) is 11.2 Å². The molecule has 1 atom stereocenters. The molecule has 4 aromatic rings. The molecule has 164 valence electrons. The number of nitrogens with one attached hydrogen (secondary N) is 1. The van der Waals surface area contributed by atoms with Crippen LogP contribution in [0.25, 0.3) is 10.8 Å². The summed E-state index contributed by atoms with van der Waals surface area (Å²) < 4.78 is 14.2. The van der Waals surface area contributed by atoms with Crippen molar-refractivity contribution in [1.29, 1.82) is 0 Å². The van der Waals surface area contributed by atoms with Gasteiger partial charge in [0.05, 0.1) is 11.4 Å². The molecule has 1 aliphatic heterocycles. The first kappa shape index (κ1) is 21.2. The number of anilines is 2. The van der Waals surface area contributed by atoms with Crippen molar-refractivity contribution in [2.24, 2.45) is 0 Å². The number of rotatable bonds is 4. The standard InChI is InChI=1S/C27H21FN2O2S/c1-17-23(28)13-6-14-24(17)30-25(31)16-33-27(30)19-9-4-10-20(15-19)29-26(32)22-12-5-8-18-7-2-3-11-21(18)22/h2-15,27H,16H2,1H3,(H,29,32)/t27-/m1/s1. The molecular formula is C27H21FN2O2S. The molecule has 4 aromatic carbocycles. The maximum atomic E-state index is 14.2. The molecule has 4 nitrogen and oxygen atoms in total. The number of hydrogen-bond acceptors (Lipinski definition) is 3. The normalized spacial score (nSPS) is 15.8. The van der Waals surface area contributed by atoms with E-state index in [1.165, 1.54) is 17.8 Å². The molecule has 0 aliphatic carbocycles. The fraction of sp³-hybridized carbons (Fsp3) is 0.111.